The van der Waals surface area contributed by atoms with Gasteiger partial charge in [-0.05, 0) is 43.1 Å². The summed E-state index contributed by atoms with van der Waals surface area (Å²) >= 11 is 0. The monoisotopic (exact) mass is 484 g/mol. The van der Waals surface area contributed by atoms with Crippen molar-refractivity contribution in [3.63, 3.8) is 0 Å². The van der Waals surface area contributed by atoms with Crippen molar-refractivity contribution in [2.75, 3.05) is 49.5 Å². The molecular weight excluding hydrogens is 454 g/mol. The molecule has 2 aliphatic rings. The maximum absolute atomic E-state index is 14.2. The summed E-state index contributed by atoms with van der Waals surface area (Å²) in [6.07, 6.45) is 2.09. The molecule has 1 N–H and O–H groups in total. The number of ether oxygens (including phenoxy) is 1. The normalized spacial score (nSPS) is 17.9. The van der Waals surface area contributed by atoms with Gasteiger partial charge in [-0.1, -0.05) is 19.0 Å². The van der Waals surface area contributed by atoms with Crippen molar-refractivity contribution >= 4 is 28.4 Å². The molecule has 3 heterocycles. The lowest BCUT2D eigenvalue weighted by atomic mass is 9.78. The summed E-state index contributed by atoms with van der Waals surface area (Å²) < 4.78 is 38.8. The molecule has 35 heavy (non-hydrogen) atoms. The van der Waals surface area contributed by atoms with Crippen molar-refractivity contribution in [1.82, 2.24) is 10.1 Å². The number of aromatic nitrogens is 1. The van der Waals surface area contributed by atoms with Crippen molar-refractivity contribution in [2.45, 2.75) is 38.5 Å². The van der Waals surface area contributed by atoms with Gasteiger partial charge in [-0.2, -0.15) is 0 Å². The Kier molecular flexibility index (Phi) is 6.35. The number of unbranched alkanes of at least 4 members (excludes halogenated alkanes) is 1. The average Bonchev–Trinajstić information content (AvgIpc) is 3.22. The molecular formula is C26H30F2N4O3. The Hall–Kier alpha value is -3.20. The van der Waals surface area contributed by atoms with E-state index in [1.54, 1.807) is 6.07 Å². The fraction of sp³-hybridized carbons (Fsp3) is 0.462. The molecule has 1 amide bonds. The van der Waals surface area contributed by atoms with E-state index in [-0.39, 0.29) is 17.5 Å². The van der Waals surface area contributed by atoms with E-state index in [1.165, 1.54) is 24.3 Å². The van der Waals surface area contributed by atoms with Crippen LogP contribution in [0.3, 0.4) is 0 Å². The van der Waals surface area contributed by atoms with E-state index in [9.17, 15) is 13.6 Å². The number of piperazine rings is 1. The number of carbonyl (C=O) groups excluding carboxylic acids is 1. The molecule has 1 fully saturated rings. The molecule has 186 valence electrons. The molecule has 0 radical (unpaired) electrons. The molecule has 0 bridgehead atoms. The number of benzene rings is 2. The topological polar surface area (TPSA) is 70.8 Å². The second-order valence-electron chi connectivity index (χ2n) is 9.97. The van der Waals surface area contributed by atoms with Crippen LogP contribution >= 0.6 is 0 Å². The number of anilines is 2. The number of hydrogen-bond donors (Lipinski definition) is 1. The van der Waals surface area contributed by atoms with Crippen molar-refractivity contribution < 1.29 is 22.8 Å². The fourth-order valence-corrected chi connectivity index (χ4v) is 4.97. The van der Waals surface area contributed by atoms with Crippen LogP contribution in [0, 0.1) is 11.6 Å². The first-order chi connectivity index (χ1) is 16.8. The van der Waals surface area contributed by atoms with Crippen LogP contribution in [0.15, 0.2) is 34.9 Å². The average molecular weight is 485 g/mol. The van der Waals surface area contributed by atoms with Crippen molar-refractivity contribution in [3.8, 4) is 5.75 Å². The molecule has 0 spiro atoms. The number of nitrogens with one attached hydrogen (secondary N) is 1. The Balaban J connectivity index is 1.09. The van der Waals surface area contributed by atoms with Gasteiger partial charge >= 0.3 is 0 Å². The molecule has 2 aromatic carbocycles. The number of hydrogen-bond acceptors (Lipinski definition) is 6. The zero-order valence-corrected chi connectivity index (χ0v) is 20.1. The van der Waals surface area contributed by atoms with Gasteiger partial charge in [-0.3, -0.25) is 9.69 Å². The summed E-state index contributed by atoms with van der Waals surface area (Å²) in [6, 6.07) is 7.34. The summed E-state index contributed by atoms with van der Waals surface area (Å²) in [5, 5.41) is 7.84. The predicted molar refractivity (Wildman–Crippen MR) is 130 cm³/mol. The minimum atomic E-state index is -0.436. The second kappa shape index (κ2) is 9.45. The van der Waals surface area contributed by atoms with Gasteiger partial charge in [0.1, 0.15) is 17.4 Å². The van der Waals surface area contributed by atoms with Crippen LogP contribution in [-0.2, 0) is 10.2 Å². The number of amides is 1. The Morgan fingerprint density at radius 1 is 1.09 bits per heavy atom. The lowest BCUT2D eigenvalue weighted by Crippen LogP contribution is -2.46. The lowest BCUT2D eigenvalue weighted by Gasteiger charge is -2.34. The molecule has 2 aliphatic heterocycles. The third-order valence-electron chi connectivity index (χ3n) is 6.88. The number of halogens is 2. The smallest absolute Gasteiger partial charge is 0.225 e. The largest absolute Gasteiger partial charge is 0.491 e. The van der Waals surface area contributed by atoms with E-state index in [1.807, 2.05) is 13.8 Å². The molecule has 1 aromatic heterocycles. The standard InChI is InChI=1S/C26H30F2N4O3/c1-26(2)16-23(33)29-24-20(26)13-18(28)15-22(24)34-12-4-3-7-31-8-10-32(11-9-31)25-19-6-5-17(27)14-21(19)35-30-25/h5-6,13-15H,3-4,7-12,16H2,1-2H3,(H,29,33). The Bertz CT molecular complexity index is 1230. The number of nitrogens with zero attached hydrogens (tertiary/aromatic N) is 3. The van der Waals surface area contributed by atoms with Crippen molar-refractivity contribution in [3.05, 3.63) is 47.5 Å². The van der Waals surface area contributed by atoms with Crippen LogP contribution in [0.1, 0.15) is 38.7 Å². The third kappa shape index (κ3) is 4.96. The van der Waals surface area contributed by atoms with Crippen LogP contribution in [0.25, 0.3) is 11.0 Å². The number of carbonyl (C=O) groups is 1. The fourth-order valence-electron chi connectivity index (χ4n) is 4.97. The summed E-state index contributed by atoms with van der Waals surface area (Å²) in [5.74, 6) is 0.394. The highest BCUT2D eigenvalue weighted by Crippen LogP contribution is 2.42. The van der Waals surface area contributed by atoms with E-state index < -0.39 is 5.41 Å². The Morgan fingerprint density at radius 3 is 2.69 bits per heavy atom. The predicted octanol–water partition coefficient (Wildman–Crippen LogP) is 4.71. The summed E-state index contributed by atoms with van der Waals surface area (Å²) in [4.78, 5) is 16.7. The van der Waals surface area contributed by atoms with E-state index >= 15 is 0 Å². The van der Waals surface area contributed by atoms with E-state index in [4.69, 9.17) is 9.26 Å². The van der Waals surface area contributed by atoms with Crippen LogP contribution < -0.4 is 15.0 Å². The minimum absolute atomic E-state index is 0.0797. The minimum Gasteiger partial charge on any atom is -0.491 e. The molecule has 5 rings (SSSR count). The van der Waals surface area contributed by atoms with Gasteiger partial charge in [0.05, 0.1) is 17.7 Å². The Labute approximate surface area is 203 Å². The van der Waals surface area contributed by atoms with Crippen LogP contribution in [0.5, 0.6) is 5.75 Å². The van der Waals surface area contributed by atoms with Crippen LogP contribution in [0.2, 0.25) is 0 Å². The first-order valence-electron chi connectivity index (χ1n) is 12.1. The van der Waals surface area contributed by atoms with Gasteiger partial charge in [0.25, 0.3) is 0 Å². The van der Waals surface area contributed by atoms with Gasteiger partial charge in [-0.15, -0.1) is 0 Å². The van der Waals surface area contributed by atoms with Gasteiger partial charge < -0.3 is 19.5 Å². The first kappa shape index (κ1) is 23.5. The highest BCUT2D eigenvalue weighted by atomic mass is 19.1. The van der Waals surface area contributed by atoms with Gasteiger partial charge in [0.15, 0.2) is 11.4 Å². The number of rotatable bonds is 7. The Morgan fingerprint density at radius 2 is 1.89 bits per heavy atom. The van der Waals surface area contributed by atoms with E-state index in [2.05, 4.69) is 20.3 Å². The molecule has 9 heteroatoms. The molecule has 0 unspecified atom stereocenters. The van der Waals surface area contributed by atoms with Gasteiger partial charge in [-0.25, -0.2) is 8.78 Å². The summed E-state index contributed by atoms with van der Waals surface area (Å²) in [6.45, 7) is 8.71. The SMILES string of the molecule is CC1(C)CC(=O)Nc2c(OCCCCN3CCN(c4noc5cc(F)ccc45)CC3)cc(F)cc21. The molecule has 3 aromatic rings. The highest BCUT2D eigenvalue weighted by Gasteiger charge is 2.34. The van der Waals surface area contributed by atoms with Crippen LogP contribution in [0.4, 0.5) is 20.3 Å². The highest BCUT2D eigenvalue weighted by molar-refractivity contribution is 5.97. The molecule has 1 saturated heterocycles. The van der Waals surface area contributed by atoms with Gasteiger partial charge in [0.2, 0.25) is 5.91 Å². The van der Waals surface area contributed by atoms with Crippen LogP contribution in [-0.4, -0.2) is 55.3 Å². The van der Waals surface area contributed by atoms with Gasteiger partial charge in [0, 0.05) is 50.1 Å². The second-order valence-corrected chi connectivity index (χ2v) is 9.97. The molecule has 0 aliphatic carbocycles. The maximum Gasteiger partial charge on any atom is 0.225 e. The molecule has 0 saturated carbocycles. The molecule has 0 atom stereocenters. The maximum atomic E-state index is 14.2. The van der Waals surface area contributed by atoms with E-state index in [0.29, 0.717) is 30.0 Å². The summed E-state index contributed by atoms with van der Waals surface area (Å²) in [5.41, 5.74) is 1.39. The quantitative estimate of drug-likeness (QED) is 0.490. The lowest BCUT2D eigenvalue weighted by molar-refractivity contribution is -0.117. The zero-order chi connectivity index (χ0) is 24.6. The molecule has 7 nitrogen and oxygen atoms in total. The van der Waals surface area contributed by atoms with Crippen molar-refractivity contribution in [2.24, 2.45) is 0 Å². The number of fused-ring (bicyclic) bond motifs is 2. The third-order valence-corrected chi connectivity index (χ3v) is 6.88. The first-order valence-corrected chi connectivity index (χ1v) is 12.1. The van der Waals surface area contributed by atoms with E-state index in [0.717, 1.165) is 62.3 Å². The van der Waals surface area contributed by atoms with Crippen molar-refractivity contribution in [1.29, 1.82) is 0 Å². The summed E-state index contributed by atoms with van der Waals surface area (Å²) in [7, 11) is 0. The zero-order valence-electron chi connectivity index (χ0n) is 20.1.